The molecule has 0 atom stereocenters. The molecule has 158 valence electrons. The van der Waals surface area contributed by atoms with Gasteiger partial charge in [-0.25, -0.2) is 4.79 Å². The largest absolute Gasteiger partial charge is 0.465 e. The van der Waals surface area contributed by atoms with Crippen molar-refractivity contribution in [1.82, 2.24) is 4.90 Å². The highest BCUT2D eigenvalue weighted by Crippen LogP contribution is 2.52. The van der Waals surface area contributed by atoms with Crippen LogP contribution in [0.15, 0.2) is 54.6 Å². The second-order valence-corrected chi connectivity index (χ2v) is 8.99. The van der Waals surface area contributed by atoms with Crippen molar-refractivity contribution in [2.45, 2.75) is 37.6 Å². The van der Waals surface area contributed by atoms with Crippen molar-refractivity contribution in [3.63, 3.8) is 0 Å². The molecule has 0 aromatic heterocycles. The van der Waals surface area contributed by atoms with Gasteiger partial charge in [-0.3, -0.25) is 9.69 Å². The Hall–Kier alpha value is -2.66. The van der Waals surface area contributed by atoms with Crippen molar-refractivity contribution in [1.29, 1.82) is 0 Å². The first-order chi connectivity index (χ1) is 14.4. The van der Waals surface area contributed by atoms with Crippen molar-refractivity contribution >= 4 is 17.6 Å². The molecule has 1 amide bonds. The van der Waals surface area contributed by atoms with Crippen molar-refractivity contribution in [3.05, 3.63) is 65.7 Å². The Balaban J connectivity index is 1.51. The van der Waals surface area contributed by atoms with Gasteiger partial charge in [0.2, 0.25) is 5.91 Å². The Morgan fingerprint density at radius 3 is 2.17 bits per heavy atom. The van der Waals surface area contributed by atoms with Crippen LogP contribution in [0.4, 0.5) is 5.69 Å². The molecular weight excluding hydrogens is 376 g/mol. The summed E-state index contributed by atoms with van der Waals surface area (Å²) in [5.41, 5.74) is 2.79. The van der Waals surface area contributed by atoms with Gasteiger partial charge in [-0.05, 0) is 75.0 Å². The van der Waals surface area contributed by atoms with Gasteiger partial charge in [0, 0.05) is 24.2 Å². The molecule has 5 nitrogen and oxygen atoms in total. The standard InChI is InChI=1S/C25H30N2O3/c1-26(2)25(20-7-5-4-6-8-20)15-13-24(14-16-25)17-22(28)27(18-24)21-11-9-19(10-12-21)23(29)30-3/h4-12H,13-18H2,1-3H3. The lowest BCUT2D eigenvalue weighted by Gasteiger charge is -2.48. The van der Waals surface area contributed by atoms with Gasteiger partial charge in [-0.15, -0.1) is 0 Å². The van der Waals surface area contributed by atoms with E-state index >= 15 is 0 Å². The third kappa shape index (κ3) is 3.52. The Bertz CT molecular complexity index is 913. The Morgan fingerprint density at radius 1 is 0.967 bits per heavy atom. The van der Waals surface area contributed by atoms with E-state index in [0.717, 1.165) is 37.9 Å². The molecule has 0 radical (unpaired) electrons. The highest BCUT2D eigenvalue weighted by atomic mass is 16.5. The lowest BCUT2D eigenvalue weighted by molar-refractivity contribution is -0.118. The first kappa shape index (κ1) is 20.6. The summed E-state index contributed by atoms with van der Waals surface area (Å²) in [6.45, 7) is 0.752. The molecule has 5 heteroatoms. The summed E-state index contributed by atoms with van der Waals surface area (Å²) >= 11 is 0. The molecule has 0 N–H and O–H groups in total. The lowest BCUT2D eigenvalue weighted by Crippen LogP contribution is -2.47. The van der Waals surface area contributed by atoms with E-state index in [1.165, 1.54) is 12.7 Å². The SMILES string of the molecule is COC(=O)c1ccc(N2CC3(CCC(c4ccccc4)(N(C)C)CC3)CC2=O)cc1. The van der Waals surface area contributed by atoms with Crippen LogP contribution >= 0.6 is 0 Å². The summed E-state index contributed by atoms with van der Waals surface area (Å²) in [6.07, 6.45) is 4.76. The van der Waals surface area contributed by atoms with Crippen LogP contribution in [0.1, 0.15) is 48.0 Å². The minimum absolute atomic E-state index is 0.0329. The quantitative estimate of drug-likeness (QED) is 0.713. The smallest absolute Gasteiger partial charge is 0.337 e. The molecule has 1 saturated heterocycles. The van der Waals surface area contributed by atoms with Gasteiger partial charge in [0.15, 0.2) is 0 Å². The minimum atomic E-state index is -0.362. The van der Waals surface area contributed by atoms with Gasteiger partial charge in [0.05, 0.1) is 12.7 Å². The Kier molecular flexibility index (Phi) is 5.41. The van der Waals surface area contributed by atoms with Crippen LogP contribution in [0.25, 0.3) is 0 Å². The first-order valence-electron chi connectivity index (χ1n) is 10.6. The Labute approximate surface area is 178 Å². The van der Waals surface area contributed by atoms with E-state index in [1.807, 2.05) is 17.0 Å². The number of benzene rings is 2. The topological polar surface area (TPSA) is 49.9 Å². The second-order valence-electron chi connectivity index (χ2n) is 8.99. The molecular formula is C25H30N2O3. The predicted molar refractivity (Wildman–Crippen MR) is 117 cm³/mol. The molecule has 4 rings (SSSR count). The normalized spacial score (nSPS) is 26.4. The van der Waals surface area contributed by atoms with Gasteiger partial charge in [0.25, 0.3) is 0 Å². The number of nitrogens with zero attached hydrogens (tertiary/aromatic N) is 2. The first-order valence-corrected chi connectivity index (χ1v) is 10.6. The third-order valence-electron chi connectivity index (χ3n) is 7.23. The minimum Gasteiger partial charge on any atom is -0.465 e. The van der Waals surface area contributed by atoms with Gasteiger partial charge in [-0.2, -0.15) is 0 Å². The highest BCUT2D eigenvalue weighted by molar-refractivity contribution is 5.97. The van der Waals surface area contributed by atoms with Crippen LogP contribution in [0.2, 0.25) is 0 Å². The summed E-state index contributed by atoms with van der Waals surface area (Å²) < 4.78 is 4.76. The molecule has 1 aliphatic heterocycles. The fourth-order valence-corrected chi connectivity index (χ4v) is 5.30. The van der Waals surface area contributed by atoms with E-state index in [-0.39, 0.29) is 22.8 Å². The molecule has 1 aliphatic carbocycles. The van der Waals surface area contributed by atoms with Crippen LogP contribution < -0.4 is 4.90 Å². The van der Waals surface area contributed by atoms with Gasteiger partial charge in [0.1, 0.15) is 0 Å². The van der Waals surface area contributed by atoms with Crippen molar-refractivity contribution in [2.75, 3.05) is 32.6 Å². The molecule has 0 bridgehead atoms. The zero-order valence-corrected chi connectivity index (χ0v) is 18.1. The maximum atomic E-state index is 12.9. The number of ether oxygens (including phenoxy) is 1. The summed E-state index contributed by atoms with van der Waals surface area (Å²) in [4.78, 5) is 28.8. The maximum absolute atomic E-state index is 12.9. The van der Waals surface area contributed by atoms with E-state index < -0.39 is 0 Å². The average Bonchev–Trinajstić information content (AvgIpc) is 3.10. The fourth-order valence-electron chi connectivity index (χ4n) is 5.30. The maximum Gasteiger partial charge on any atom is 0.337 e. The molecule has 1 heterocycles. The fraction of sp³-hybridized carbons (Fsp3) is 0.440. The summed E-state index contributed by atoms with van der Waals surface area (Å²) in [5, 5.41) is 0. The number of rotatable bonds is 4. The highest BCUT2D eigenvalue weighted by Gasteiger charge is 2.50. The van der Waals surface area contributed by atoms with Crippen LogP contribution in [0, 0.1) is 5.41 Å². The second kappa shape index (κ2) is 7.88. The number of methoxy groups -OCH3 is 1. The van der Waals surface area contributed by atoms with E-state index in [2.05, 4.69) is 49.3 Å². The molecule has 2 aliphatic rings. The number of carbonyl (C=O) groups excluding carboxylic acids is 2. The van der Waals surface area contributed by atoms with Gasteiger partial charge >= 0.3 is 5.97 Å². The predicted octanol–water partition coefficient (Wildman–Crippen LogP) is 4.23. The summed E-state index contributed by atoms with van der Waals surface area (Å²) in [7, 11) is 5.70. The summed E-state index contributed by atoms with van der Waals surface area (Å²) in [6, 6.07) is 17.9. The monoisotopic (exact) mass is 406 g/mol. The number of anilines is 1. The molecule has 1 spiro atoms. The average molecular weight is 407 g/mol. The van der Waals surface area contributed by atoms with Crippen LogP contribution in [0.3, 0.4) is 0 Å². The number of amides is 1. The number of carbonyl (C=O) groups is 2. The Morgan fingerprint density at radius 2 is 1.60 bits per heavy atom. The van der Waals surface area contributed by atoms with E-state index in [4.69, 9.17) is 4.74 Å². The summed E-state index contributed by atoms with van der Waals surface area (Å²) in [5.74, 6) is -0.183. The molecule has 2 aromatic rings. The number of hydrogen-bond donors (Lipinski definition) is 0. The molecule has 0 unspecified atom stereocenters. The zero-order valence-electron chi connectivity index (χ0n) is 18.1. The van der Waals surface area contributed by atoms with Crippen molar-refractivity contribution < 1.29 is 14.3 Å². The molecule has 1 saturated carbocycles. The number of hydrogen-bond acceptors (Lipinski definition) is 4. The molecule has 30 heavy (non-hydrogen) atoms. The van der Waals surface area contributed by atoms with Crippen LogP contribution in [-0.2, 0) is 15.1 Å². The van der Waals surface area contributed by atoms with Gasteiger partial charge < -0.3 is 9.64 Å². The number of esters is 1. The van der Waals surface area contributed by atoms with Crippen molar-refractivity contribution in [3.8, 4) is 0 Å². The van der Waals surface area contributed by atoms with Crippen molar-refractivity contribution in [2.24, 2.45) is 5.41 Å². The van der Waals surface area contributed by atoms with E-state index in [1.54, 1.807) is 12.1 Å². The van der Waals surface area contributed by atoms with E-state index in [9.17, 15) is 9.59 Å². The third-order valence-corrected chi connectivity index (χ3v) is 7.23. The molecule has 2 aromatic carbocycles. The van der Waals surface area contributed by atoms with Gasteiger partial charge in [-0.1, -0.05) is 30.3 Å². The zero-order chi connectivity index (χ0) is 21.4. The van der Waals surface area contributed by atoms with Crippen LogP contribution in [0.5, 0.6) is 0 Å². The van der Waals surface area contributed by atoms with E-state index in [0.29, 0.717) is 12.0 Å². The van der Waals surface area contributed by atoms with Crippen LogP contribution in [-0.4, -0.2) is 44.5 Å². The molecule has 2 fully saturated rings. The lowest BCUT2D eigenvalue weighted by atomic mass is 9.64.